The molecule has 0 spiro atoms. The highest BCUT2D eigenvalue weighted by Gasteiger charge is 2.37. The molecule has 88 valence electrons. The van der Waals surface area contributed by atoms with Crippen LogP contribution in [0.15, 0.2) is 54.6 Å². The first-order chi connectivity index (χ1) is 8.77. The summed E-state index contributed by atoms with van der Waals surface area (Å²) in [6, 6.07) is 15.6. The van der Waals surface area contributed by atoms with Crippen LogP contribution in [-0.2, 0) is 0 Å². The topological polar surface area (TPSA) is 43.4 Å². The molecular weight excluding hydrogens is 228 g/mol. The van der Waals surface area contributed by atoms with Crippen molar-refractivity contribution >= 4 is 11.6 Å². The highest BCUT2D eigenvalue weighted by molar-refractivity contribution is 6.21. The van der Waals surface area contributed by atoms with Crippen LogP contribution in [0.1, 0.15) is 20.7 Å². The van der Waals surface area contributed by atoms with E-state index in [4.69, 9.17) is 4.74 Å². The molecule has 0 fully saturated rings. The van der Waals surface area contributed by atoms with Gasteiger partial charge in [0.2, 0.25) is 17.7 Å². The Bertz CT molecular complexity index is 617. The molecule has 0 aliphatic carbocycles. The van der Waals surface area contributed by atoms with Gasteiger partial charge in [0.15, 0.2) is 0 Å². The molecule has 0 bridgehead atoms. The lowest BCUT2D eigenvalue weighted by atomic mass is 10.0. The van der Waals surface area contributed by atoms with Crippen LogP contribution in [0.4, 0.5) is 0 Å². The first-order valence-electron chi connectivity index (χ1n) is 5.66. The molecule has 3 nitrogen and oxygen atoms in total. The molecule has 1 atom stereocenters. The summed E-state index contributed by atoms with van der Waals surface area (Å²) < 4.78 is 5.44. The van der Waals surface area contributed by atoms with Gasteiger partial charge in [0.1, 0.15) is 5.75 Å². The van der Waals surface area contributed by atoms with Crippen molar-refractivity contribution < 1.29 is 14.3 Å². The Morgan fingerprint density at radius 3 is 2.33 bits per heavy atom. The number of hydrogen-bond acceptors (Lipinski definition) is 3. The minimum atomic E-state index is -1.04. The van der Waals surface area contributed by atoms with Crippen molar-refractivity contribution in [2.45, 2.75) is 6.10 Å². The van der Waals surface area contributed by atoms with Crippen LogP contribution in [-0.4, -0.2) is 17.7 Å². The van der Waals surface area contributed by atoms with E-state index in [1.165, 1.54) is 0 Å². The molecule has 0 radical (unpaired) electrons. The maximum Gasteiger partial charge on any atom is 0.224 e. The van der Waals surface area contributed by atoms with Crippen molar-refractivity contribution in [3.05, 3.63) is 65.7 Å². The van der Waals surface area contributed by atoms with Gasteiger partial charge in [-0.15, -0.1) is 0 Å². The highest BCUT2D eigenvalue weighted by atomic mass is 16.5. The summed E-state index contributed by atoms with van der Waals surface area (Å²) >= 11 is 0. The largest absolute Gasteiger partial charge is 0.473 e. The molecule has 2 aromatic rings. The average molecular weight is 238 g/mol. The van der Waals surface area contributed by atoms with Gasteiger partial charge in [-0.1, -0.05) is 42.5 Å². The Labute approximate surface area is 104 Å². The average Bonchev–Trinajstić information content (AvgIpc) is 2.77. The van der Waals surface area contributed by atoms with E-state index in [1.54, 1.807) is 48.5 Å². The predicted molar refractivity (Wildman–Crippen MR) is 66.0 cm³/mol. The number of rotatable bonds is 2. The van der Waals surface area contributed by atoms with Gasteiger partial charge in [-0.05, 0) is 12.1 Å². The predicted octanol–water partition coefficient (Wildman–Crippen LogP) is 2.51. The monoisotopic (exact) mass is 238 g/mol. The van der Waals surface area contributed by atoms with Gasteiger partial charge in [-0.3, -0.25) is 9.59 Å². The smallest absolute Gasteiger partial charge is 0.224 e. The summed E-state index contributed by atoms with van der Waals surface area (Å²) in [6.45, 7) is 0. The number of carbonyl (C=O) groups excluding carboxylic acids is 2. The summed E-state index contributed by atoms with van der Waals surface area (Å²) in [7, 11) is 0. The molecule has 0 N–H and O–H groups in total. The summed E-state index contributed by atoms with van der Waals surface area (Å²) in [4.78, 5) is 24.2. The molecule has 0 saturated carbocycles. The second-order valence-corrected chi connectivity index (χ2v) is 4.09. The van der Waals surface area contributed by atoms with Crippen molar-refractivity contribution in [1.82, 2.24) is 0 Å². The summed E-state index contributed by atoms with van der Waals surface area (Å²) in [5.41, 5.74) is 0.968. The van der Waals surface area contributed by atoms with E-state index in [1.807, 2.05) is 6.07 Å². The Morgan fingerprint density at radius 1 is 0.944 bits per heavy atom. The lowest BCUT2D eigenvalue weighted by Crippen LogP contribution is -2.30. The maximum atomic E-state index is 12.2. The number of hydrogen-bond donors (Lipinski definition) is 0. The van der Waals surface area contributed by atoms with Gasteiger partial charge in [0.05, 0.1) is 5.56 Å². The first kappa shape index (κ1) is 10.7. The first-order valence-corrected chi connectivity index (χ1v) is 5.66. The molecule has 2 aromatic carbocycles. The zero-order valence-corrected chi connectivity index (χ0v) is 9.50. The highest BCUT2D eigenvalue weighted by Crippen LogP contribution is 2.29. The normalized spacial score (nSPS) is 17.1. The fraction of sp³-hybridized carbons (Fsp3) is 0.0667. The molecule has 0 saturated heterocycles. The molecule has 0 unspecified atom stereocenters. The molecule has 1 heterocycles. The minimum Gasteiger partial charge on any atom is -0.473 e. The van der Waals surface area contributed by atoms with E-state index in [0.29, 0.717) is 16.9 Å². The molecule has 1 aliphatic rings. The third kappa shape index (κ3) is 1.61. The van der Waals surface area contributed by atoms with Crippen LogP contribution in [0.5, 0.6) is 5.75 Å². The lowest BCUT2D eigenvalue weighted by molar-refractivity contribution is 0.0720. The van der Waals surface area contributed by atoms with E-state index in [-0.39, 0.29) is 11.6 Å². The Hall–Kier alpha value is -2.42. The van der Waals surface area contributed by atoms with Gasteiger partial charge < -0.3 is 4.74 Å². The van der Waals surface area contributed by atoms with E-state index in [2.05, 4.69) is 0 Å². The van der Waals surface area contributed by atoms with E-state index >= 15 is 0 Å². The SMILES string of the molecule is O=C(c1ccccc1)[C@@H]1Oc2ccccc2C1=O. The van der Waals surface area contributed by atoms with Crippen LogP contribution >= 0.6 is 0 Å². The molecule has 1 aliphatic heterocycles. The maximum absolute atomic E-state index is 12.2. The fourth-order valence-corrected chi connectivity index (χ4v) is 2.02. The van der Waals surface area contributed by atoms with Crippen LogP contribution in [0.25, 0.3) is 0 Å². The van der Waals surface area contributed by atoms with Crippen LogP contribution in [0, 0.1) is 0 Å². The van der Waals surface area contributed by atoms with Crippen molar-refractivity contribution in [2.75, 3.05) is 0 Å². The van der Waals surface area contributed by atoms with E-state index < -0.39 is 6.10 Å². The Kier molecular flexibility index (Phi) is 2.45. The number of carbonyl (C=O) groups is 2. The third-order valence-corrected chi connectivity index (χ3v) is 2.93. The minimum absolute atomic E-state index is 0.264. The Balaban J connectivity index is 1.94. The number of ketones is 2. The van der Waals surface area contributed by atoms with Gasteiger partial charge in [-0.2, -0.15) is 0 Å². The zero-order valence-electron chi connectivity index (χ0n) is 9.50. The van der Waals surface area contributed by atoms with Crippen molar-refractivity contribution in [3.8, 4) is 5.75 Å². The molecule has 0 amide bonds. The molecule has 18 heavy (non-hydrogen) atoms. The summed E-state index contributed by atoms with van der Waals surface area (Å²) in [5.74, 6) is -0.0759. The number of fused-ring (bicyclic) bond motifs is 1. The number of benzene rings is 2. The van der Waals surface area contributed by atoms with Crippen molar-refractivity contribution in [1.29, 1.82) is 0 Å². The van der Waals surface area contributed by atoms with Gasteiger partial charge in [0, 0.05) is 5.56 Å². The van der Waals surface area contributed by atoms with Crippen LogP contribution in [0.2, 0.25) is 0 Å². The van der Waals surface area contributed by atoms with Gasteiger partial charge >= 0.3 is 0 Å². The molecule has 3 heteroatoms. The third-order valence-electron chi connectivity index (χ3n) is 2.93. The van der Waals surface area contributed by atoms with Crippen molar-refractivity contribution in [3.63, 3.8) is 0 Å². The number of para-hydroxylation sites is 1. The summed E-state index contributed by atoms with van der Waals surface area (Å²) in [6.07, 6.45) is -1.04. The van der Waals surface area contributed by atoms with E-state index in [9.17, 15) is 9.59 Å². The van der Waals surface area contributed by atoms with Gasteiger partial charge in [-0.25, -0.2) is 0 Å². The molecule has 0 aromatic heterocycles. The second kappa shape index (κ2) is 4.11. The number of Topliss-reactive ketones (excluding diaryl/α,β-unsaturated/α-hetero) is 2. The van der Waals surface area contributed by atoms with Gasteiger partial charge in [0.25, 0.3) is 0 Å². The van der Waals surface area contributed by atoms with E-state index in [0.717, 1.165) is 0 Å². The quantitative estimate of drug-likeness (QED) is 0.596. The molecular formula is C15H10O3. The van der Waals surface area contributed by atoms with Crippen LogP contribution in [0.3, 0.4) is 0 Å². The van der Waals surface area contributed by atoms with Crippen molar-refractivity contribution in [2.24, 2.45) is 0 Å². The lowest BCUT2D eigenvalue weighted by Gasteiger charge is -2.07. The second-order valence-electron chi connectivity index (χ2n) is 4.09. The van der Waals surface area contributed by atoms with Crippen LogP contribution < -0.4 is 4.74 Å². The molecule has 3 rings (SSSR count). The standard InChI is InChI=1S/C15H10O3/c16-13(10-6-2-1-3-7-10)15-14(17)11-8-4-5-9-12(11)18-15/h1-9,15H/t15-/m0/s1. The fourth-order valence-electron chi connectivity index (χ4n) is 2.02. The Morgan fingerprint density at radius 2 is 1.61 bits per heavy atom. The number of ether oxygens (including phenoxy) is 1. The zero-order chi connectivity index (χ0) is 12.5. The summed E-state index contributed by atoms with van der Waals surface area (Å²) in [5, 5.41) is 0.